The molecule has 1 heterocycles. The van der Waals surface area contributed by atoms with Gasteiger partial charge in [-0.1, -0.05) is 31.5 Å². The van der Waals surface area contributed by atoms with Gasteiger partial charge < -0.3 is 10.6 Å². The highest BCUT2D eigenvalue weighted by Crippen LogP contribution is 2.32. The van der Waals surface area contributed by atoms with E-state index in [2.05, 4.69) is 34.4 Å². The Kier molecular flexibility index (Phi) is 5.68. The van der Waals surface area contributed by atoms with Crippen LogP contribution in [0.3, 0.4) is 0 Å². The minimum atomic E-state index is -0.455. The van der Waals surface area contributed by atoms with Gasteiger partial charge in [-0.25, -0.2) is 9.97 Å². The van der Waals surface area contributed by atoms with Crippen LogP contribution in [0, 0.1) is 29.9 Å². The third-order valence-corrected chi connectivity index (χ3v) is 3.65. The second-order valence-corrected chi connectivity index (χ2v) is 6.23. The smallest absolute Gasteiger partial charge is 0.353 e. The van der Waals surface area contributed by atoms with Crippen molar-refractivity contribution < 1.29 is 4.92 Å². The Hall–Kier alpha value is -2.70. The SMILES string of the molecule is Cc1ccc(Nc2ncnc(NCCC(C)C)c2[N+](=O)[O-])c(C)c1. The summed E-state index contributed by atoms with van der Waals surface area (Å²) in [7, 11) is 0. The van der Waals surface area contributed by atoms with Crippen LogP contribution in [-0.2, 0) is 0 Å². The fourth-order valence-electron chi connectivity index (χ4n) is 2.33. The summed E-state index contributed by atoms with van der Waals surface area (Å²) in [6.45, 7) is 8.77. The highest BCUT2D eigenvalue weighted by molar-refractivity contribution is 5.74. The van der Waals surface area contributed by atoms with Gasteiger partial charge in [-0.15, -0.1) is 0 Å². The highest BCUT2D eigenvalue weighted by Gasteiger charge is 2.23. The van der Waals surface area contributed by atoms with Crippen LogP contribution >= 0.6 is 0 Å². The standard InChI is InChI=1S/C17H23N5O2/c1-11(2)7-8-18-16-15(22(23)24)17(20-10-19-16)21-14-6-5-12(3)9-13(14)4/h5-6,9-11H,7-8H2,1-4H3,(H2,18,19,20,21). The Morgan fingerprint density at radius 1 is 1.21 bits per heavy atom. The van der Waals surface area contributed by atoms with Crippen LogP contribution in [0.25, 0.3) is 0 Å². The molecule has 0 unspecified atom stereocenters. The van der Waals surface area contributed by atoms with E-state index in [0.717, 1.165) is 23.2 Å². The molecule has 0 aliphatic rings. The Morgan fingerprint density at radius 2 is 1.92 bits per heavy atom. The summed E-state index contributed by atoms with van der Waals surface area (Å²) in [5, 5.41) is 17.6. The first-order valence-electron chi connectivity index (χ1n) is 7.96. The van der Waals surface area contributed by atoms with Crippen molar-refractivity contribution in [2.24, 2.45) is 5.92 Å². The molecule has 24 heavy (non-hydrogen) atoms. The van der Waals surface area contributed by atoms with Crippen molar-refractivity contribution in [2.45, 2.75) is 34.1 Å². The Bertz CT molecular complexity index is 731. The molecule has 0 amide bonds. The molecule has 128 valence electrons. The molecule has 7 nitrogen and oxygen atoms in total. The maximum atomic E-state index is 11.5. The Balaban J connectivity index is 2.30. The quantitative estimate of drug-likeness (QED) is 0.584. The van der Waals surface area contributed by atoms with Gasteiger partial charge in [0.25, 0.3) is 0 Å². The van der Waals surface area contributed by atoms with E-state index in [1.54, 1.807) is 0 Å². The van der Waals surface area contributed by atoms with Gasteiger partial charge in [0.05, 0.1) is 4.92 Å². The van der Waals surface area contributed by atoms with Crippen molar-refractivity contribution in [1.82, 2.24) is 9.97 Å². The summed E-state index contributed by atoms with van der Waals surface area (Å²) in [5.74, 6) is 0.933. The lowest BCUT2D eigenvalue weighted by Crippen LogP contribution is -2.10. The van der Waals surface area contributed by atoms with E-state index in [0.29, 0.717) is 12.5 Å². The maximum absolute atomic E-state index is 11.5. The van der Waals surface area contributed by atoms with Gasteiger partial charge in [0, 0.05) is 12.2 Å². The van der Waals surface area contributed by atoms with Crippen LogP contribution in [0.4, 0.5) is 23.0 Å². The van der Waals surface area contributed by atoms with Crippen molar-refractivity contribution in [3.8, 4) is 0 Å². The zero-order chi connectivity index (χ0) is 17.7. The molecule has 2 aromatic rings. The van der Waals surface area contributed by atoms with Gasteiger partial charge >= 0.3 is 5.69 Å². The van der Waals surface area contributed by atoms with E-state index in [9.17, 15) is 10.1 Å². The van der Waals surface area contributed by atoms with Crippen LogP contribution in [-0.4, -0.2) is 21.4 Å². The summed E-state index contributed by atoms with van der Waals surface area (Å²) >= 11 is 0. The van der Waals surface area contributed by atoms with Crippen molar-refractivity contribution in [1.29, 1.82) is 0 Å². The molecule has 7 heteroatoms. The molecule has 2 rings (SSSR count). The lowest BCUT2D eigenvalue weighted by atomic mass is 10.1. The average Bonchev–Trinajstić information content (AvgIpc) is 2.49. The van der Waals surface area contributed by atoms with Crippen LogP contribution in [0.5, 0.6) is 0 Å². The van der Waals surface area contributed by atoms with E-state index in [-0.39, 0.29) is 17.3 Å². The molecule has 0 radical (unpaired) electrons. The summed E-state index contributed by atoms with van der Waals surface area (Å²) in [6, 6.07) is 5.85. The van der Waals surface area contributed by atoms with Crippen molar-refractivity contribution in [3.05, 3.63) is 45.8 Å². The second kappa shape index (κ2) is 7.72. The fraction of sp³-hybridized carbons (Fsp3) is 0.412. The van der Waals surface area contributed by atoms with Crippen LogP contribution in [0.15, 0.2) is 24.5 Å². The minimum Gasteiger partial charge on any atom is -0.364 e. The number of aryl methyl sites for hydroxylation is 2. The average molecular weight is 329 g/mol. The second-order valence-electron chi connectivity index (χ2n) is 6.23. The fourth-order valence-corrected chi connectivity index (χ4v) is 2.33. The number of hydrogen-bond acceptors (Lipinski definition) is 6. The van der Waals surface area contributed by atoms with E-state index in [1.807, 2.05) is 32.0 Å². The summed E-state index contributed by atoms with van der Waals surface area (Å²) < 4.78 is 0. The highest BCUT2D eigenvalue weighted by atomic mass is 16.6. The van der Waals surface area contributed by atoms with Crippen LogP contribution in [0.2, 0.25) is 0 Å². The predicted octanol–water partition coefficient (Wildman–Crippen LogP) is 4.20. The number of anilines is 3. The van der Waals surface area contributed by atoms with Gasteiger partial charge in [0.1, 0.15) is 6.33 Å². The number of nitro groups is 1. The van der Waals surface area contributed by atoms with Crippen LogP contribution < -0.4 is 10.6 Å². The molecule has 2 N–H and O–H groups in total. The molecule has 1 aromatic heterocycles. The molecule has 0 spiro atoms. The molecular formula is C17H23N5O2. The van der Waals surface area contributed by atoms with Gasteiger partial charge in [0.2, 0.25) is 11.6 Å². The number of aromatic nitrogens is 2. The van der Waals surface area contributed by atoms with Crippen LogP contribution in [0.1, 0.15) is 31.4 Å². The van der Waals surface area contributed by atoms with Crippen molar-refractivity contribution >= 4 is 23.0 Å². The first-order chi connectivity index (χ1) is 11.4. The lowest BCUT2D eigenvalue weighted by Gasteiger charge is -2.12. The van der Waals surface area contributed by atoms with Gasteiger partial charge in [-0.05, 0) is 37.8 Å². The van der Waals surface area contributed by atoms with Gasteiger partial charge in [-0.2, -0.15) is 0 Å². The zero-order valence-corrected chi connectivity index (χ0v) is 14.5. The molecule has 0 bridgehead atoms. The molecule has 0 saturated carbocycles. The largest absolute Gasteiger partial charge is 0.364 e. The summed E-state index contributed by atoms with van der Waals surface area (Å²) in [4.78, 5) is 19.2. The Labute approximate surface area is 141 Å². The summed E-state index contributed by atoms with van der Waals surface area (Å²) in [5.41, 5.74) is 2.78. The lowest BCUT2D eigenvalue weighted by molar-refractivity contribution is -0.383. The number of nitrogens with one attached hydrogen (secondary N) is 2. The molecule has 1 aromatic carbocycles. The van der Waals surface area contributed by atoms with Crippen molar-refractivity contribution in [2.75, 3.05) is 17.2 Å². The normalized spacial score (nSPS) is 10.7. The predicted molar refractivity (Wildman–Crippen MR) is 95.8 cm³/mol. The minimum absolute atomic E-state index is 0.138. The molecule has 0 atom stereocenters. The molecule has 0 aliphatic heterocycles. The van der Waals surface area contributed by atoms with E-state index in [4.69, 9.17) is 0 Å². The van der Waals surface area contributed by atoms with E-state index in [1.165, 1.54) is 6.33 Å². The topological polar surface area (TPSA) is 93.0 Å². The third-order valence-electron chi connectivity index (χ3n) is 3.65. The first-order valence-corrected chi connectivity index (χ1v) is 7.96. The van der Waals surface area contributed by atoms with Crippen molar-refractivity contribution in [3.63, 3.8) is 0 Å². The molecule has 0 aliphatic carbocycles. The number of hydrogen-bond donors (Lipinski definition) is 2. The zero-order valence-electron chi connectivity index (χ0n) is 14.5. The number of benzene rings is 1. The van der Waals surface area contributed by atoms with E-state index >= 15 is 0 Å². The first kappa shape index (κ1) is 17.7. The molecule has 0 saturated heterocycles. The monoisotopic (exact) mass is 329 g/mol. The van der Waals surface area contributed by atoms with E-state index < -0.39 is 4.92 Å². The van der Waals surface area contributed by atoms with Gasteiger partial charge in [-0.3, -0.25) is 10.1 Å². The molecular weight excluding hydrogens is 306 g/mol. The molecule has 0 fully saturated rings. The Morgan fingerprint density at radius 3 is 2.54 bits per heavy atom. The number of rotatable bonds is 7. The maximum Gasteiger partial charge on any atom is 0.353 e. The number of nitrogens with zero attached hydrogens (tertiary/aromatic N) is 3. The summed E-state index contributed by atoms with van der Waals surface area (Å²) in [6.07, 6.45) is 2.23. The van der Waals surface area contributed by atoms with Gasteiger partial charge in [0.15, 0.2) is 0 Å². The third kappa shape index (κ3) is 4.41.